The molecule has 0 saturated heterocycles. The molecule has 3 aromatic rings. The first kappa shape index (κ1) is 31.2. The van der Waals surface area contributed by atoms with Crippen molar-refractivity contribution in [1.82, 2.24) is 0 Å². The van der Waals surface area contributed by atoms with Gasteiger partial charge in [0.25, 0.3) is 0 Å². The summed E-state index contributed by atoms with van der Waals surface area (Å²) in [5.41, 5.74) is 9.92. The van der Waals surface area contributed by atoms with Crippen LogP contribution in [-0.4, -0.2) is 5.78 Å². The highest BCUT2D eigenvalue weighted by molar-refractivity contribution is 6.30. The number of nitrogens with two attached hydrogens (primary N) is 1. The molecule has 5 nitrogen and oxygen atoms in total. The third-order valence-corrected chi connectivity index (χ3v) is 8.57. The number of carbonyl (C=O) groups excluding carboxylic acids is 1. The van der Waals surface area contributed by atoms with Crippen LogP contribution in [0.25, 0.3) is 0 Å². The van der Waals surface area contributed by atoms with E-state index in [4.69, 9.17) is 22.1 Å². The van der Waals surface area contributed by atoms with Gasteiger partial charge in [0.15, 0.2) is 5.78 Å². The normalized spacial score (nSPS) is 18.3. The number of nitrogens with zero attached hydrogens (tertiary/aromatic N) is 2. The minimum atomic E-state index is -4.76. The van der Waals surface area contributed by atoms with Crippen molar-refractivity contribution in [3.63, 3.8) is 0 Å². The predicted octanol–water partition coefficient (Wildman–Crippen LogP) is 8.80. The van der Waals surface area contributed by atoms with Gasteiger partial charge in [-0.15, -0.1) is 0 Å². The van der Waals surface area contributed by atoms with E-state index in [0.29, 0.717) is 17.0 Å². The fourth-order valence-electron chi connectivity index (χ4n) is 6.20. The zero-order valence-corrected chi connectivity index (χ0v) is 26.0. The van der Waals surface area contributed by atoms with E-state index in [9.17, 15) is 23.2 Å². The van der Waals surface area contributed by atoms with Gasteiger partial charge in [-0.3, -0.25) is 9.69 Å². The van der Waals surface area contributed by atoms with Crippen LogP contribution < -0.4 is 15.4 Å². The Balaban J connectivity index is 1.71. The number of ether oxygens (including phenoxy) is 1. The third kappa shape index (κ3) is 5.81. The quantitative estimate of drug-likeness (QED) is 0.309. The van der Waals surface area contributed by atoms with Crippen LogP contribution in [0.15, 0.2) is 77.3 Å². The Morgan fingerprint density at radius 1 is 1.05 bits per heavy atom. The van der Waals surface area contributed by atoms with Crippen LogP contribution in [0.3, 0.4) is 0 Å². The van der Waals surface area contributed by atoms with Crippen molar-refractivity contribution < 1.29 is 22.7 Å². The van der Waals surface area contributed by atoms with Crippen molar-refractivity contribution in [2.45, 2.75) is 66.2 Å². The van der Waals surface area contributed by atoms with Crippen LogP contribution in [0, 0.1) is 37.5 Å². The summed E-state index contributed by atoms with van der Waals surface area (Å²) < 4.78 is 49.1. The highest BCUT2D eigenvalue weighted by Crippen LogP contribution is 2.52. The Morgan fingerprint density at radius 3 is 2.36 bits per heavy atom. The second-order valence-electron chi connectivity index (χ2n) is 12.4. The van der Waals surface area contributed by atoms with Crippen LogP contribution in [-0.2, 0) is 17.6 Å². The number of halogens is 4. The highest BCUT2D eigenvalue weighted by Gasteiger charge is 2.47. The Labute approximate surface area is 260 Å². The summed E-state index contributed by atoms with van der Waals surface area (Å²) in [6.45, 7) is 9.88. The molecular weight excluding hydrogens is 587 g/mol. The number of carbonyl (C=O) groups is 1. The van der Waals surface area contributed by atoms with Crippen LogP contribution in [0.1, 0.15) is 66.0 Å². The van der Waals surface area contributed by atoms with E-state index in [2.05, 4.69) is 6.07 Å². The molecule has 2 aliphatic rings. The SMILES string of the molecule is Cc1ccc(OCc2cc(C3C(C#N)=C(N)N(c4ccc(Cl)cc4C(F)(F)F)C4=C3C(=O)CC(C)(C)C4)c(C)cc2C)cc1. The molecule has 1 atom stereocenters. The lowest BCUT2D eigenvalue weighted by Gasteiger charge is -2.44. The summed E-state index contributed by atoms with van der Waals surface area (Å²) in [5, 5.41) is 10.4. The van der Waals surface area contributed by atoms with E-state index in [1.807, 2.05) is 71.0 Å². The third-order valence-electron chi connectivity index (χ3n) is 8.34. The van der Waals surface area contributed by atoms with Gasteiger partial charge in [0.1, 0.15) is 18.2 Å². The summed E-state index contributed by atoms with van der Waals surface area (Å²) >= 11 is 5.99. The molecule has 1 unspecified atom stereocenters. The molecule has 9 heteroatoms. The molecule has 1 heterocycles. The first-order valence-electron chi connectivity index (χ1n) is 14.2. The van der Waals surface area contributed by atoms with E-state index in [1.54, 1.807) is 0 Å². The molecule has 0 fully saturated rings. The minimum absolute atomic E-state index is 0.0113. The lowest BCUT2D eigenvalue weighted by molar-refractivity contribution is -0.137. The number of benzene rings is 3. The topological polar surface area (TPSA) is 79.3 Å². The first-order valence-corrected chi connectivity index (χ1v) is 14.6. The first-order chi connectivity index (χ1) is 20.6. The number of anilines is 1. The lowest BCUT2D eigenvalue weighted by Crippen LogP contribution is -2.42. The van der Waals surface area contributed by atoms with E-state index < -0.39 is 23.1 Å². The standard InChI is InChI=1S/C35H33ClF3N3O2/c1-19-6-9-24(10-7-19)44-18-22-13-25(21(3)12-20(22)2)31-26(17-40)33(41)42(29-15-34(4,5)16-30(43)32(29)31)28-11-8-23(36)14-27(28)35(37,38)39/h6-14,31H,15-16,18,41H2,1-5H3. The van der Waals surface area contributed by atoms with Gasteiger partial charge in [-0.05, 0) is 85.2 Å². The Hall–Kier alpha value is -4.22. The van der Waals surface area contributed by atoms with Crippen molar-refractivity contribution in [3.8, 4) is 11.8 Å². The Bertz CT molecular complexity index is 1770. The van der Waals surface area contributed by atoms with Crippen molar-refractivity contribution in [1.29, 1.82) is 5.26 Å². The van der Waals surface area contributed by atoms with Gasteiger partial charge in [-0.25, -0.2) is 0 Å². The molecule has 1 aliphatic heterocycles. The molecule has 44 heavy (non-hydrogen) atoms. The number of rotatable bonds is 5. The monoisotopic (exact) mass is 619 g/mol. The Kier molecular flexibility index (Phi) is 8.06. The van der Waals surface area contributed by atoms with Crippen molar-refractivity contribution in [2.24, 2.45) is 11.1 Å². The second-order valence-corrected chi connectivity index (χ2v) is 12.8. The Morgan fingerprint density at radius 2 is 1.73 bits per heavy atom. The van der Waals surface area contributed by atoms with Crippen molar-refractivity contribution in [3.05, 3.63) is 116 Å². The zero-order chi connectivity index (χ0) is 32.1. The minimum Gasteiger partial charge on any atom is -0.489 e. The molecular formula is C35H33ClF3N3O2. The van der Waals surface area contributed by atoms with E-state index in [1.165, 1.54) is 17.0 Å². The molecule has 5 rings (SSSR count). The molecule has 2 N–H and O–H groups in total. The molecule has 0 amide bonds. The number of hydrogen-bond donors (Lipinski definition) is 1. The maximum absolute atomic E-state index is 14.3. The van der Waals surface area contributed by atoms with Gasteiger partial charge in [-0.2, -0.15) is 18.4 Å². The van der Waals surface area contributed by atoms with Gasteiger partial charge in [0, 0.05) is 22.7 Å². The molecule has 0 spiro atoms. The number of alkyl halides is 3. The van der Waals surface area contributed by atoms with Crippen LogP contribution >= 0.6 is 11.6 Å². The maximum Gasteiger partial charge on any atom is 0.418 e. The average molecular weight is 620 g/mol. The van der Waals surface area contributed by atoms with Crippen LogP contribution in [0.4, 0.5) is 18.9 Å². The van der Waals surface area contributed by atoms with Gasteiger partial charge in [0.05, 0.1) is 28.8 Å². The summed E-state index contributed by atoms with van der Waals surface area (Å²) in [6.07, 6.45) is -4.31. The molecule has 0 aromatic heterocycles. The van der Waals surface area contributed by atoms with E-state index in [0.717, 1.165) is 28.3 Å². The van der Waals surface area contributed by atoms with Gasteiger partial charge in [0.2, 0.25) is 0 Å². The maximum atomic E-state index is 14.3. The number of allylic oxidation sites excluding steroid dienone is 3. The van der Waals surface area contributed by atoms with E-state index in [-0.39, 0.29) is 52.9 Å². The summed E-state index contributed by atoms with van der Waals surface area (Å²) in [6, 6.07) is 17.2. The van der Waals surface area contributed by atoms with E-state index >= 15 is 0 Å². The largest absolute Gasteiger partial charge is 0.489 e. The molecule has 0 bridgehead atoms. The smallest absolute Gasteiger partial charge is 0.418 e. The second kappa shape index (κ2) is 11.4. The fraction of sp³-hybridized carbons (Fsp3) is 0.314. The van der Waals surface area contributed by atoms with Gasteiger partial charge in [-0.1, -0.05) is 55.3 Å². The number of Topliss-reactive ketones (excluding diaryl/α,β-unsaturated/α-hetero) is 1. The summed E-state index contributed by atoms with van der Waals surface area (Å²) in [5.74, 6) is -0.529. The number of nitriles is 1. The van der Waals surface area contributed by atoms with Crippen LogP contribution in [0.5, 0.6) is 5.75 Å². The predicted molar refractivity (Wildman–Crippen MR) is 165 cm³/mol. The van der Waals surface area contributed by atoms with Gasteiger partial charge >= 0.3 is 6.18 Å². The number of hydrogen-bond acceptors (Lipinski definition) is 5. The molecule has 0 saturated carbocycles. The molecule has 228 valence electrons. The molecule has 0 radical (unpaired) electrons. The summed E-state index contributed by atoms with van der Waals surface area (Å²) in [4.78, 5) is 15.2. The zero-order valence-electron chi connectivity index (χ0n) is 25.2. The van der Waals surface area contributed by atoms with Crippen LogP contribution in [0.2, 0.25) is 5.02 Å². The fourth-order valence-corrected chi connectivity index (χ4v) is 6.38. The highest BCUT2D eigenvalue weighted by atomic mass is 35.5. The molecule has 1 aliphatic carbocycles. The lowest BCUT2D eigenvalue weighted by atomic mass is 9.68. The summed E-state index contributed by atoms with van der Waals surface area (Å²) in [7, 11) is 0. The van der Waals surface area contributed by atoms with Crippen molar-refractivity contribution in [2.75, 3.05) is 4.90 Å². The van der Waals surface area contributed by atoms with Crippen molar-refractivity contribution >= 4 is 23.1 Å². The van der Waals surface area contributed by atoms with Gasteiger partial charge < -0.3 is 10.5 Å². The molecule has 3 aromatic carbocycles. The average Bonchev–Trinajstić information content (AvgIpc) is 2.92. The number of ketones is 1. The number of aryl methyl sites for hydroxylation is 3.